The Kier molecular flexibility index (Phi) is 13.3. The summed E-state index contributed by atoms with van der Waals surface area (Å²) >= 11 is 0. The number of hydrogen-bond donors (Lipinski definition) is 2. The van der Waals surface area contributed by atoms with Crippen molar-refractivity contribution < 1.29 is 29.0 Å². The van der Waals surface area contributed by atoms with Crippen molar-refractivity contribution in [1.29, 1.82) is 0 Å². The zero-order valence-corrected chi connectivity index (χ0v) is 31.4. The molecule has 3 rings (SSSR count). The highest BCUT2D eigenvalue weighted by Crippen LogP contribution is 2.32. The number of amides is 3. The van der Waals surface area contributed by atoms with E-state index in [1.54, 1.807) is 23.1 Å². The van der Waals surface area contributed by atoms with Gasteiger partial charge in [0.2, 0.25) is 5.91 Å². The Hall–Kier alpha value is -2.99. The second kappa shape index (κ2) is 16.1. The molecule has 0 bridgehead atoms. The van der Waals surface area contributed by atoms with Gasteiger partial charge in [-0.2, -0.15) is 0 Å². The standard InChI is InChI=1S/C36H62N6O6/c1-24(2)21-42(31(44)28-20-38-32(34(3,4)5)39-29(28)37-15-12-18-47-11)27-19-25(22-41(23-27)33(45)48-35(6,7)8)30(43)40-16-13-26(14-17-40)36(9,10)46/h20,24-27,46H,12-19,21-23H2,1-11H3,(H,37,38,39)/t25-,27+/m1/s1. The summed E-state index contributed by atoms with van der Waals surface area (Å²) in [6.07, 6.45) is 3.68. The Morgan fingerprint density at radius 1 is 1.04 bits per heavy atom. The molecule has 2 N–H and O–H groups in total. The van der Waals surface area contributed by atoms with Crippen molar-refractivity contribution in [2.75, 3.05) is 58.3 Å². The molecule has 2 atom stereocenters. The molecular formula is C36H62N6O6. The van der Waals surface area contributed by atoms with Gasteiger partial charge in [-0.25, -0.2) is 14.8 Å². The number of aromatic nitrogens is 2. The third kappa shape index (κ3) is 11.0. The lowest BCUT2D eigenvalue weighted by Gasteiger charge is -2.45. The van der Waals surface area contributed by atoms with Crippen LogP contribution < -0.4 is 5.32 Å². The van der Waals surface area contributed by atoms with Gasteiger partial charge in [0, 0.05) is 64.6 Å². The topological polar surface area (TPSA) is 137 Å². The molecule has 0 radical (unpaired) electrons. The van der Waals surface area contributed by atoms with Crippen LogP contribution in [0, 0.1) is 17.8 Å². The van der Waals surface area contributed by atoms with E-state index in [9.17, 15) is 19.5 Å². The van der Waals surface area contributed by atoms with E-state index in [1.807, 2.05) is 74.1 Å². The molecule has 0 unspecified atom stereocenters. The van der Waals surface area contributed by atoms with E-state index in [-0.39, 0.29) is 42.2 Å². The first kappa shape index (κ1) is 39.4. The maximum absolute atomic E-state index is 14.6. The zero-order valence-electron chi connectivity index (χ0n) is 31.4. The lowest BCUT2D eigenvalue weighted by atomic mass is 9.82. The van der Waals surface area contributed by atoms with Gasteiger partial charge in [0.25, 0.3) is 5.91 Å². The largest absolute Gasteiger partial charge is 0.444 e. The van der Waals surface area contributed by atoms with Crippen LogP contribution in [0.25, 0.3) is 0 Å². The van der Waals surface area contributed by atoms with Gasteiger partial charge in [-0.3, -0.25) is 9.59 Å². The molecule has 0 saturated carbocycles. The minimum Gasteiger partial charge on any atom is -0.444 e. The average molecular weight is 675 g/mol. The number of rotatable bonds is 11. The van der Waals surface area contributed by atoms with E-state index in [0.717, 1.165) is 6.42 Å². The Balaban J connectivity index is 1.97. The normalized spacial score (nSPS) is 19.8. The van der Waals surface area contributed by atoms with Gasteiger partial charge in [-0.15, -0.1) is 0 Å². The third-order valence-corrected chi connectivity index (χ3v) is 9.01. The summed E-state index contributed by atoms with van der Waals surface area (Å²) in [4.78, 5) is 56.9. The number of anilines is 1. The van der Waals surface area contributed by atoms with Gasteiger partial charge in [0.15, 0.2) is 0 Å². The number of carbonyl (C=O) groups excluding carboxylic acids is 3. The highest BCUT2D eigenvalue weighted by molar-refractivity contribution is 5.98. The highest BCUT2D eigenvalue weighted by Gasteiger charge is 2.42. The number of aliphatic hydroxyl groups is 1. The van der Waals surface area contributed by atoms with Crippen LogP contribution >= 0.6 is 0 Å². The summed E-state index contributed by atoms with van der Waals surface area (Å²) in [6, 6.07) is -0.437. The molecule has 272 valence electrons. The number of nitrogens with one attached hydrogen (secondary N) is 1. The van der Waals surface area contributed by atoms with Crippen molar-refractivity contribution in [3.63, 3.8) is 0 Å². The van der Waals surface area contributed by atoms with E-state index in [1.165, 1.54) is 0 Å². The van der Waals surface area contributed by atoms with Gasteiger partial charge in [-0.1, -0.05) is 34.6 Å². The maximum atomic E-state index is 14.6. The monoisotopic (exact) mass is 674 g/mol. The number of nitrogens with zero attached hydrogens (tertiary/aromatic N) is 5. The van der Waals surface area contributed by atoms with Gasteiger partial charge in [-0.05, 0) is 72.1 Å². The average Bonchev–Trinajstić information content (AvgIpc) is 2.99. The van der Waals surface area contributed by atoms with Crippen LogP contribution in [0.1, 0.15) is 111 Å². The van der Waals surface area contributed by atoms with Crippen molar-refractivity contribution in [2.45, 2.75) is 118 Å². The first-order valence-electron chi connectivity index (χ1n) is 17.6. The van der Waals surface area contributed by atoms with Gasteiger partial charge < -0.3 is 34.6 Å². The molecular weight excluding hydrogens is 612 g/mol. The number of ether oxygens (including phenoxy) is 2. The summed E-state index contributed by atoms with van der Waals surface area (Å²) in [5, 5.41) is 13.9. The molecule has 2 fully saturated rings. The van der Waals surface area contributed by atoms with Crippen molar-refractivity contribution >= 4 is 23.7 Å². The van der Waals surface area contributed by atoms with Crippen LogP contribution in [0.5, 0.6) is 0 Å². The van der Waals surface area contributed by atoms with E-state index >= 15 is 0 Å². The molecule has 3 heterocycles. The molecule has 12 heteroatoms. The smallest absolute Gasteiger partial charge is 0.410 e. The molecule has 12 nitrogen and oxygen atoms in total. The van der Waals surface area contributed by atoms with Crippen molar-refractivity contribution in [1.82, 2.24) is 24.7 Å². The molecule has 1 aromatic heterocycles. The zero-order chi connectivity index (χ0) is 36.0. The number of likely N-dealkylation sites (tertiary alicyclic amines) is 2. The van der Waals surface area contributed by atoms with Crippen molar-refractivity contribution in [3.8, 4) is 0 Å². The SMILES string of the molecule is COCCCNc1nc(C(C)(C)C)ncc1C(=O)N(CC(C)C)[C@H]1C[C@@H](C(=O)N2CCC(C(C)(C)O)CC2)CN(C(=O)OC(C)(C)C)C1. The summed E-state index contributed by atoms with van der Waals surface area (Å²) in [5.41, 5.74) is -1.49. The predicted octanol–water partition coefficient (Wildman–Crippen LogP) is 4.96. The Morgan fingerprint density at radius 2 is 1.69 bits per heavy atom. The molecule has 1 aromatic rings. The molecule has 3 amide bonds. The van der Waals surface area contributed by atoms with Crippen LogP contribution in [0.15, 0.2) is 6.20 Å². The van der Waals surface area contributed by atoms with E-state index < -0.39 is 29.3 Å². The van der Waals surface area contributed by atoms with Crippen LogP contribution in [0.4, 0.5) is 10.6 Å². The second-order valence-corrected chi connectivity index (χ2v) is 16.6. The summed E-state index contributed by atoms with van der Waals surface area (Å²) in [6.45, 7) is 22.4. The first-order valence-corrected chi connectivity index (χ1v) is 17.6. The van der Waals surface area contributed by atoms with Crippen LogP contribution in [0.2, 0.25) is 0 Å². The molecule has 0 spiro atoms. The van der Waals surface area contributed by atoms with Gasteiger partial charge in [0.05, 0.1) is 17.6 Å². The summed E-state index contributed by atoms with van der Waals surface area (Å²) < 4.78 is 11.0. The van der Waals surface area contributed by atoms with Crippen molar-refractivity contribution in [3.05, 3.63) is 17.6 Å². The van der Waals surface area contributed by atoms with Crippen LogP contribution in [-0.2, 0) is 19.7 Å². The second-order valence-electron chi connectivity index (χ2n) is 16.6. The number of carbonyl (C=O) groups is 3. The number of hydrogen-bond acceptors (Lipinski definition) is 9. The lowest BCUT2D eigenvalue weighted by Crippen LogP contribution is -2.58. The van der Waals surface area contributed by atoms with E-state index in [2.05, 4.69) is 10.3 Å². The summed E-state index contributed by atoms with van der Waals surface area (Å²) in [5.74, 6) is 0.535. The first-order chi connectivity index (χ1) is 22.2. The minimum atomic E-state index is -0.803. The number of piperidine rings is 2. The van der Waals surface area contributed by atoms with E-state index in [0.29, 0.717) is 69.3 Å². The van der Waals surface area contributed by atoms with Crippen LogP contribution in [-0.4, -0.2) is 118 Å². The fourth-order valence-corrected chi connectivity index (χ4v) is 6.42. The number of methoxy groups -OCH3 is 1. The minimum absolute atomic E-state index is 0.0298. The quantitative estimate of drug-likeness (QED) is 0.312. The Bertz CT molecular complexity index is 1240. The third-order valence-electron chi connectivity index (χ3n) is 9.01. The maximum Gasteiger partial charge on any atom is 0.410 e. The molecule has 48 heavy (non-hydrogen) atoms. The predicted molar refractivity (Wildman–Crippen MR) is 187 cm³/mol. The summed E-state index contributed by atoms with van der Waals surface area (Å²) in [7, 11) is 1.65. The molecule has 2 aliphatic heterocycles. The molecule has 2 aliphatic rings. The fraction of sp³-hybridized carbons (Fsp3) is 0.806. The highest BCUT2D eigenvalue weighted by atomic mass is 16.6. The molecule has 0 aromatic carbocycles. The van der Waals surface area contributed by atoms with E-state index in [4.69, 9.17) is 14.5 Å². The van der Waals surface area contributed by atoms with Crippen molar-refractivity contribution in [2.24, 2.45) is 17.8 Å². The Labute approximate surface area is 288 Å². The molecule has 0 aliphatic carbocycles. The lowest BCUT2D eigenvalue weighted by molar-refractivity contribution is -0.141. The Morgan fingerprint density at radius 3 is 2.23 bits per heavy atom. The van der Waals surface area contributed by atoms with Gasteiger partial charge >= 0.3 is 6.09 Å². The van der Waals surface area contributed by atoms with Crippen LogP contribution in [0.3, 0.4) is 0 Å². The fourth-order valence-electron chi connectivity index (χ4n) is 6.42. The van der Waals surface area contributed by atoms with Gasteiger partial charge in [0.1, 0.15) is 22.8 Å². The molecule has 2 saturated heterocycles.